The van der Waals surface area contributed by atoms with Crippen molar-refractivity contribution >= 4 is 27.5 Å². The van der Waals surface area contributed by atoms with Crippen LogP contribution in [0.2, 0.25) is 5.02 Å². The molecule has 0 aliphatic carbocycles. The second-order valence-electron chi connectivity index (χ2n) is 5.07. The number of hydrogen-bond acceptors (Lipinski definition) is 2. The third-order valence-electron chi connectivity index (χ3n) is 3.64. The van der Waals surface area contributed by atoms with E-state index in [1.54, 1.807) is 0 Å². The number of likely N-dealkylation sites (N-methyl/N-ethyl adjacent to an activating group) is 1. The van der Waals surface area contributed by atoms with Crippen LogP contribution >= 0.6 is 27.5 Å². The third-order valence-corrected chi connectivity index (χ3v) is 4.48. The summed E-state index contributed by atoms with van der Waals surface area (Å²) >= 11 is 9.79. The molecular formula is C14H22BrClN2. The summed E-state index contributed by atoms with van der Waals surface area (Å²) in [5, 5.41) is 0.774. The van der Waals surface area contributed by atoms with Crippen LogP contribution in [0.3, 0.4) is 0 Å². The van der Waals surface area contributed by atoms with Crippen molar-refractivity contribution in [2.75, 3.05) is 13.6 Å². The van der Waals surface area contributed by atoms with Gasteiger partial charge in [0.15, 0.2) is 0 Å². The van der Waals surface area contributed by atoms with E-state index < -0.39 is 0 Å². The van der Waals surface area contributed by atoms with Gasteiger partial charge in [-0.25, -0.2) is 0 Å². The summed E-state index contributed by atoms with van der Waals surface area (Å²) in [6, 6.07) is 6.52. The van der Waals surface area contributed by atoms with Gasteiger partial charge < -0.3 is 5.73 Å². The van der Waals surface area contributed by atoms with E-state index >= 15 is 0 Å². The molecule has 0 bridgehead atoms. The Balaban J connectivity index is 3.05. The standard InChI is InChI=1S/C14H22BrClN2/c1-9(2)10(3)18(4)14(8-17)12-7-11(15)5-6-13(12)16/h5-7,9-10,14H,8,17H2,1-4H3. The number of benzene rings is 1. The molecule has 2 N–H and O–H groups in total. The monoisotopic (exact) mass is 332 g/mol. The van der Waals surface area contributed by atoms with Crippen molar-refractivity contribution in [2.24, 2.45) is 11.7 Å². The lowest BCUT2D eigenvalue weighted by molar-refractivity contribution is 0.152. The number of nitrogens with zero attached hydrogens (tertiary/aromatic N) is 1. The van der Waals surface area contributed by atoms with Gasteiger partial charge in [-0.15, -0.1) is 0 Å². The van der Waals surface area contributed by atoms with E-state index in [1.807, 2.05) is 12.1 Å². The fourth-order valence-corrected chi connectivity index (χ4v) is 2.66. The topological polar surface area (TPSA) is 29.3 Å². The molecule has 1 aromatic carbocycles. The highest BCUT2D eigenvalue weighted by Gasteiger charge is 2.24. The highest BCUT2D eigenvalue weighted by atomic mass is 79.9. The Morgan fingerprint density at radius 3 is 2.44 bits per heavy atom. The molecule has 0 aliphatic heterocycles. The lowest BCUT2D eigenvalue weighted by Gasteiger charge is -2.35. The molecule has 0 radical (unpaired) electrons. The lowest BCUT2D eigenvalue weighted by atomic mass is 9.99. The van der Waals surface area contributed by atoms with Crippen LogP contribution in [0.5, 0.6) is 0 Å². The summed E-state index contributed by atoms with van der Waals surface area (Å²) in [6.07, 6.45) is 0. The van der Waals surface area contributed by atoms with Gasteiger partial charge in [0.25, 0.3) is 0 Å². The van der Waals surface area contributed by atoms with Crippen molar-refractivity contribution < 1.29 is 0 Å². The molecule has 1 rings (SSSR count). The fourth-order valence-electron chi connectivity index (χ4n) is 2.04. The number of rotatable bonds is 5. The van der Waals surface area contributed by atoms with Gasteiger partial charge in [-0.2, -0.15) is 0 Å². The molecule has 4 heteroatoms. The largest absolute Gasteiger partial charge is 0.329 e. The van der Waals surface area contributed by atoms with E-state index in [0.29, 0.717) is 18.5 Å². The van der Waals surface area contributed by atoms with Crippen molar-refractivity contribution in [1.82, 2.24) is 4.90 Å². The summed E-state index contributed by atoms with van der Waals surface area (Å²) in [4.78, 5) is 2.30. The zero-order valence-electron chi connectivity index (χ0n) is 11.5. The molecule has 0 spiro atoms. The summed E-state index contributed by atoms with van der Waals surface area (Å²) in [7, 11) is 2.11. The van der Waals surface area contributed by atoms with E-state index in [-0.39, 0.29) is 6.04 Å². The van der Waals surface area contributed by atoms with Crippen LogP contribution in [-0.4, -0.2) is 24.5 Å². The van der Waals surface area contributed by atoms with Crippen molar-refractivity contribution in [2.45, 2.75) is 32.9 Å². The Morgan fingerprint density at radius 1 is 1.33 bits per heavy atom. The minimum absolute atomic E-state index is 0.146. The van der Waals surface area contributed by atoms with Crippen molar-refractivity contribution in [3.05, 3.63) is 33.3 Å². The minimum Gasteiger partial charge on any atom is -0.329 e. The van der Waals surface area contributed by atoms with E-state index in [1.165, 1.54) is 0 Å². The molecule has 102 valence electrons. The number of nitrogens with two attached hydrogens (primary N) is 1. The van der Waals surface area contributed by atoms with Gasteiger partial charge in [0.1, 0.15) is 0 Å². The summed E-state index contributed by atoms with van der Waals surface area (Å²) < 4.78 is 1.03. The van der Waals surface area contributed by atoms with Gasteiger partial charge in [-0.05, 0) is 43.7 Å². The van der Waals surface area contributed by atoms with E-state index in [2.05, 4.69) is 54.7 Å². The maximum Gasteiger partial charge on any atom is 0.0485 e. The fraction of sp³-hybridized carbons (Fsp3) is 0.571. The van der Waals surface area contributed by atoms with Crippen molar-refractivity contribution in [3.8, 4) is 0 Å². The van der Waals surface area contributed by atoms with Gasteiger partial charge in [0.2, 0.25) is 0 Å². The average molecular weight is 334 g/mol. The van der Waals surface area contributed by atoms with Gasteiger partial charge in [-0.3, -0.25) is 4.90 Å². The molecule has 0 aliphatic rings. The predicted octanol–water partition coefficient (Wildman–Crippen LogP) is 4.08. The molecule has 0 saturated heterocycles. The Labute approximate surface area is 124 Å². The lowest BCUT2D eigenvalue weighted by Crippen LogP contribution is -2.39. The first-order chi connectivity index (χ1) is 8.38. The molecule has 1 aromatic rings. The average Bonchev–Trinajstić information content (AvgIpc) is 2.33. The molecule has 0 fully saturated rings. The van der Waals surface area contributed by atoms with Crippen LogP contribution in [0.1, 0.15) is 32.4 Å². The van der Waals surface area contributed by atoms with E-state index in [0.717, 1.165) is 15.1 Å². The van der Waals surface area contributed by atoms with Crippen LogP contribution in [0, 0.1) is 5.92 Å². The summed E-state index contributed by atoms with van der Waals surface area (Å²) in [5.74, 6) is 0.579. The number of halogens is 2. The first kappa shape index (κ1) is 16.0. The SMILES string of the molecule is CC(C)C(C)N(C)C(CN)c1cc(Br)ccc1Cl. The van der Waals surface area contributed by atoms with Crippen LogP contribution in [-0.2, 0) is 0 Å². The first-order valence-corrected chi connectivity index (χ1v) is 7.42. The minimum atomic E-state index is 0.146. The van der Waals surface area contributed by atoms with Gasteiger partial charge in [-0.1, -0.05) is 41.4 Å². The molecular weight excluding hydrogens is 312 g/mol. The zero-order chi connectivity index (χ0) is 13.9. The Morgan fingerprint density at radius 2 is 1.94 bits per heavy atom. The maximum absolute atomic E-state index is 6.30. The molecule has 2 unspecified atom stereocenters. The normalized spacial score (nSPS) is 15.2. The molecule has 0 heterocycles. The van der Waals surface area contributed by atoms with Gasteiger partial charge in [0.05, 0.1) is 0 Å². The summed E-state index contributed by atoms with van der Waals surface area (Å²) in [6.45, 7) is 7.22. The second kappa shape index (κ2) is 6.90. The zero-order valence-corrected chi connectivity index (χ0v) is 13.8. The van der Waals surface area contributed by atoms with Crippen LogP contribution in [0.25, 0.3) is 0 Å². The van der Waals surface area contributed by atoms with Gasteiger partial charge >= 0.3 is 0 Å². The third kappa shape index (κ3) is 3.70. The van der Waals surface area contributed by atoms with Gasteiger partial charge in [0, 0.05) is 28.1 Å². The Hall–Kier alpha value is -0.0900. The van der Waals surface area contributed by atoms with E-state index in [9.17, 15) is 0 Å². The van der Waals surface area contributed by atoms with Crippen molar-refractivity contribution in [3.63, 3.8) is 0 Å². The number of hydrogen-bond donors (Lipinski definition) is 1. The quantitative estimate of drug-likeness (QED) is 0.880. The Kier molecular flexibility index (Phi) is 6.12. The molecule has 18 heavy (non-hydrogen) atoms. The summed E-state index contributed by atoms with van der Waals surface area (Å²) in [5.41, 5.74) is 7.03. The second-order valence-corrected chi connectivity index (χ2v) is 6.39. The highest BCUT2D eigenvalue weighted by molar-refractivity contribution is 9.10. The van der Waals surface area contributed by atoms with Crippen LogP contribution in [0.4, 0.5) is 0 Å². The van der Waals surface area contributed by atoms with Crippen LogP contribution in [0.15, 0.2) is 22.7 Å². The highest BCUT2D eigenvalue weighted by Crippen LogP contribution is 2.31. The first-order valence-electron chi connectivity index (χ1n) is 6.25. The van der Waals surface area contributed by atoms with Crippen LogP contribution < -0.4 is 5.73 Å². The predicted molar refractivity (Wildman–Crippen MR) is 83.0 cm³/mol. The molecule has 2 atom stereocenters. The maximum atomic E-state index is 6.30. The van der Waals surface area contributed by atoms with E-state index in [4.69, 9.17) is 17.3 Å². The molecule has 0 amide bonds. The Bertz CT molecular complexity index is 395. The molecule has 0 saturated carbocycles. The smallest absolute Gasteiger partial charge is 0.0485 e. The van der Waals surface area contributed by atoms with Crippen molar-refractivity contribution in [1.29, 1.82) is 0 Å². The molecule has 0 aromatic heterocycles. The molecule has 2 nitrogen and oxygen atoms in total.